The molecule has 0 amide bonds. The second-order valence-electron chi connectivity index (χ2n) is 35.2. The summed E-state index contributed by atoms with van der Waals surface area (Å²) in [6.07, 6.45) is 17.3. The molecule has 2 aliphatic rings. The van der Waals surface area contributed by atoms with Crippen molar-refractivity contribution in [2.75, 3.05) is 21.7 Å². The monoisotopic (exact) mass is 2160 g/mol. The molecule has 2 aliphatic heterocycles. The van der Waals surface area contributed by atoms with Crippen molar-refractivity contribution < 1.29 is 70.5 Å². The molecule has 0 N–H and O–H groups in total. The first kappa shape index (κ1) is 96.3. The average Bonchev–Trinajstić information content (AvgIpc) is 1.45. The number of para-hydroxylation sites is 7. The fraction of sp³-hybridized carbons (Fsp3) is 0.0244. The first-order chi connectivity index (χ1) is 71.6. The second kappa shape index (κ2) is 40.5. The molecule has 26 heteroatoms. The van der Waals surface area contributed by atoms with E-state index in [-0.39, 0.29) is 66.0 Å². The third-order valence-corrected chi connectivity index (χ3v) is 30.6. The quantitative estimate of drug-likeness (QED) is 0.0651. The van der Waals surface area contributed by atoms with Gasteiger partial charge in [0.05, 0.1) is 61.2 Å². The van der Waals surface area contributed by atoms with E-state index < -0.39 is 0 Å². The van der Waals surface area contributed by atoms with Gasteiger partial charge in [-0.3, -0.25) is 14.6 Å². The molecule has 0 saturated carbocycles. The maximum atomic E-state index is 4.71. The second-order valence-corrected chi connectivity index (χ2v) is 39.2. The number of benzene rings is 14. The molecule has 149 heavy (non-hydrogen) atoms. The zero-order valence-corrected chi connectivity index (χ0v) is 86.3. The Kier molecular flexibility index (Phi) is 26.2. The van der Waals surface area contributed by atoms with E-state index in [9.17, 15) is 0 Å². The van der Waals surface area contributed by atoms with Crippen LogP contribution in [0.2, 0.25) is 0 Å². The molecule has 30 rings (SSSR count). The Morgan fingerprint density at radius 2 is 0.893 bits per heavy atom. The standard InChI is InChI=1S/C33H24N6S.C32H19N5.C30H18N4S.C28H15N3S2.4Ni/c1-36-18-25(32-33(36)37(2)19-34-32)22-14-15-27-29(17-22)39(28-12-5-4-11-26(28)38(27)3)23-9-6-8-21(16-23)24-10-7-13-30-31(24)35-20-40-30;1-3-12-29-23(7-1)21-34-37(29)26-14-15-28-27-11-2-4-13-30(27)36(31(28)20-26)25-10-5-9-24(19-25)35-18-16-22-8-6-17-33-32(22)35;1-2-12-28-26(11-1)34(24-9-5-7-22(19-24)25-10-3-4-16-31-25)27-20-23(13-14-29(27)35-28)33-18-15-21-8-6-17-32-30(21)33;1-2-10-25-21(8-1)22-12-11-19(24-9-3-4-13-29-24)15-26(22)31(25)20-7-5-6-18(14-20)23-16-32-28-27(23)30-17-33-28;;;;/h4-15,18-20H,1-3H3;1-18,21H;1-18H;1-13,16-17H;;;;/q4*-2;3*+2;+3. The van der Waals surface area contributed by atoms with Crippen molar-refractivity contribution in [2.24, 2.45) is 14.1 Å². The first-order valence-electron chi connectivity index (χ1n) is 47.2. The summed E-state index contributed by atoms with van der Waals surface area (Å²) in [7, 11) is 6.20. The summed E-state index contributed by atoms with van der Waals surface area (Å²) >= 11 is 6.85. The molecule has 0 fully saturated rings. The summed E-state index contributed by atoms with van der Waals surface area (Å²) in [5.74, 6) is 0. The van der Waals surface area contributed by atoms with Gasteiger partial charge in [0, 0.05) is 101 Å². The van der Waals surface area contributed by atoms with E-state index in [1.807, 2.05) is 127 Å². The third-order valence-electron chi connectivity index (χ3n) is 26.7. The summed E-state index contributed by atoms with van der Waals surface area (Å²) in [6.45, 7) is 0. The zero-order valence-electron chi connectivity index (χ0n) is 79.1. The number of pyridine rings is 4. The normalized spacial score (nSPS) is 11.8. The van der Waals surface area contributed by atoms with Crippen LogP contribution >= 0.6 is 45.8 Å². The van der Waals surface area contributed by atoms with Gasteiger partial charge in [0.15, 0.2) is 0 Å². The summed E-state index contributed by atoms with van der Waals surface area (Å²) in [5.41, 5.74) is 38.2. The van der Waals surface area contributed by atoms with E-state index >= 15 is 0 Å². The van der Waals surface area contributed by atoms with E-state index in [2.05, 4.69) is 430 Å². The van der Waals surface area contributed by atoms with E-state index in [4.69, 9.17) is 4.98 Å². The van der Waals surface area contributed by atoms with Crippen LogP contribution in [-0.4, -0.2) is 69.6 Å². The van der Waals surface area contributed by atoms with Gasteiger partial charge >= 0.3 is 66.0 Å². The summed E-state index contributed by atoms with van der Waals surface area (Å²) in [5, 5.41) is 14.8. The van der Waals surface area contributed by atoms with Gasteiger partial charge in [-0.05, 0) is 170 Å². The minimum Gasteiger partial charge on any atom is -0.381 e. The van der Waals surface area contributed by atoms with Crippen molar-refractivity contribution in [3.8, 4) is 84.3 Å². The number of thiophene rings is 1. The fourth-order valence-electron chi connectivity index (χ4n) is 20.1. The van der Waals surface area contributed by atoms with Crippen molar-refractivity contribution in [3.63, 3.8) is 0 Å². The molecule has 721 valence electrons. The Hall–Kier alpha value is -16.2. The van der Waals surface area contributed by atoms with Crippen LogP contribution in [0.15, 0.2) is 416 Å². The summed E-state index contributed by atoms with van der Waals surface area (Å²) < 4.78 is 17.2. The molecule has 0 aliphatic carbocycles. The number of aromatic nitrogens is 15. The Morgan fingerprint density at radius 1 is 0.349 bits per heavy atom. The van der Waals surface area contributed by atoms with Gasteiger partial charge in [-0.2, -0.15) is 35.1 Å². The smallest absolute Gasteiger partial charge is 0.381 e. The van der Waals surface area contributed by atoms with E-state index in [0.717, 1.165) is 217 Å². The van der Waals surface area contributed by atoms with Gasteiger partial charge in [-0.25, -0.2) is 15.0 Å². The van der Waals surface area contributed by atoms with Crippen molar-refractivity contribution in [1.82, 2.24) is 67.5 Å². The van der Waals surface area contributed by atoms with Crippen LogP contribution in [-0.2, 0) is 80.1 Å². The van der Waals surface area contributed by atoms with Gasteiger partial charge in [-0.1, -0.05) is 170 Å². The Morgan fingerprint density at radius 3 is 1.62 bits per heavy atom. The number of imidazole rings is 1. The topological polar surface area (TPSA) is 148 Å². The fourth-order valence-corrected chi connectivity index (χ4v) is 23.6. The molecular weight excluding hydrogens is 2090 g/mol. The SMILES string of the molecule is CN1c2ccc(-c3cn(C)c4c3[n-]c[n+]4C)[c-]c2N(c2[c-]c(-c3cccc4scnc34)ccc2)c2ccccc21.[Ni+2].[Ni+2].[Ni+2].[Ni+3].[c-]1c(-c2ccccn2)cccc1N1c2[c-]c(-n3ccc4cccnc43)ccc2Sc2ccccc21.[c-]1c(-c2csc3scnc23)cccc1-n1c2[c-]c(-c3ccccn3)ccc2c2ccccc21.[c-]1c(-n2ccc3cccnc32)cccc1-n1c2[c-]c(-n3ncc4ccccc43)ccc2c2ccccc21. The van der Waals surface area contributed by atoms with Crippen LogP contribution in [0.5, 0.6) is 0 Å². The van der Waals surface area contributed by atoms with Gasteiger partial charge in [0.25, 0.3) is 0 Å². The van der Waals surface area contributed by atoms with Gasteiger partial charge in [0.2, 0.25) is 0 Å². The van der Waals surface area contributed by atoms with Gasteiger partial charge in [0.1, 0.15) is 16.9 Å². The molecule has 14 aromatic heterocycles. The van der Waals surface area contributed by atoms with E-state index in [1.165, 1.54) is 29.8 Å². The van der Waals surface area contributed by atoms with Crippen LogP contribution in [0.4, 0.5) is 45.5 Å². The number of hydrogen-bond donors (Lipinski definition) is 0. The van der Waals surface area contributed by atoms with Crippen molar-refractivity contribution in [1.29, 1.82) is 0 Å². The predicted molar refractivity (Wildman–Crippen MR) is 589 cm³/mol. The molecule has 0 saturated heterocycles. The zero-order chi connectivity index (χ0) is 96.3. The number of anilines is 8. The van der Waals surface area contributed by atoms with Crippen molar-refractivity contribution in [2.45, 2.75) is 9.79 Å². The minimum atomic E-state index is 0. The Balaban J connectivity index is 0.000000108. The maximum Gasteiger partial charge on any atom is 3.00 e. The van der Waals surface area contributed by atoms with Gasteiger partial charge < -0.3 is 52.1 Å². The van der Waals surface area contributed by atoms with Crippen molar-refractivity contribution >= 4 is 199 Å². The van der Waals surface area contributed by atoms with Crippen molar-refractivity contribution in [3.05, 3.63) is 454 Å². The van der Waals surface area contributed by atoms with Crippen LogP contribution in [0.25, 0.3) is 192 Å². The molecule has 0 bridgehead atoms. The largest absolute Gasteiger partial charge is 3.00 e. The van der Waals surface area contributed by atoms with Crippen LogP contribution < -0.4 is 24.3 Å². The maximum absolute atomic E-state index is 4.71. The summed E-state index contributed by atoms with van der Waals surface area (Å²) in [4.78, 5) is 41.3. The average molecular weight is 2170 g/mol. The molecule has 0 unspecified atom stereocenters. The Labute approximate surface area is 912 Å². The number of aryl methyl sites for hydroxylation is 2. The molecule has 14 aromatic carbocycles. The van der Waals surface area contributed by atoms with Crippen LogP contribution in [0, 0.1) is 48.5 Å². The first-order valence-corrected chi connectivity index (χ1v) is 50.7. The third kappa shape index (κ3) is 17.1. The minimum absolute atomic E-state index is 0. The molecule has 28 aromatic rings. The van der Waals surface area contributed by atoms with E-state index in [0.29, 0.717) is 0 Å². The van der Waals surface area contributed by atoms with Gasteiger partial charge in [-0.15, -0.1) is 219 Å². The van der Waals surface area contributed by atoms with Crippen LogP contribution in [0.3, 0.4) is 0 Å². The molecule has 1 radical (unpaired) electrons. The molecule has 0 spiro atoms. The number of nitrogens with zero attached hydrogens (tertiary/aromatic N) is 18. The Bertz CT molecular complexity index is 9920. The molecule has 18 nitrogen and oxygen atoms in total. The van der Waals surface area contributed by atoms with E-state index in [1.54, 1.807) is 45.8 Å². The molecule has 16 heterocycles. The predicted octanol–water partition coefficient (Wildman–Crippen LogP) is 29.5. The molecular formula is C123H76N18Ni4S4+. The summed E-state index contributed by atoms with van der Waals surface area (Å²) in [6, 6.07) is 144. The number of fused-ring (bicyclic) bond motifs is 16. The molecule has 0 atom stereocenters. The van der Waals surface area contributed by atoms with Crippen LogP contribution in [0.1, 0.15) is 0 Å². The number of thiazole rings is 2. The number of rotatable bonds is 12. The number of hydrogen-bond acceptors (Lipinski definition) is 14.